The van der Waals surface area contributed by atoms with Crippen molar-refractivity contribution in [2.24, 2.45) is 0 Å². The van der Waals surface area contributed by atoms with Gasteiger partial charge < -0.3 is 5.32 Å². The molecule has 0 radical (unpaired) electrons. The zero-order valence-electron chi connectivity index (χ0n) is 10.2. The zero-order chi connectivity index (χ0) is 12.7. The average molecular weight is 300 g/mol. The van der Waals surface area contributed by atoms with E-state index >= 15 is 0 Å². The molecule has 0 saturated heterocycles. The summed E-state index contributed by atoms with van der Waals surface area (Å²) >= 11 is 3.27. The van der Waals surface area contributed by atoms with Gasteiger partial charge in [-0.05, 0) is 37.9 Å². The lowest BCUT2D eigenvalue weighted by molar-refractivity contribution is 0.474. The third kappa shape index (κ3) is 4.60. The van der Waals surface area contributed by atoms with Gasteiger partial charge in [-0.1, -0.05) is 35.0 Å². The summed E-state index contributed by atoms with van der Waals surface area (Å²) in [5.74, 6) is -0.149. The predicted molar refractivity (Wildman–Crippen MR) is 74.6 cm³/mol. The van der Waals surface area contributed by atoms with Crippen LogP contribution in [-0.4, -0.2) is 6.54 Å². The van der Waals surface area contributed by atoms with Gasteiger partial charge in [0, 0.05) is 16.1 Å². The van der Waals surface area contributed by atoms with Crippen LogP contribution in [0.2, 0.25) is 0 Å². The Morgan fingerprint density at radius 1 is 1.53 bits per heavy atom. The predicted octanol–water partition coefficient (Wildman–Crippen LogP) is 4.60. The molecule has 1 N–H and O–H groups in total. The second-order valence-corrected chi connectivity index (χ2v) is 4.91. The molecule has 0 fully saturated rings. The SMILES string of the molecule is C=CCCCC(NCC)c1ccc(Br)cc1F. The molecule has 0 aliphatic carbocycles. The Balaban J connectivity index is 2.77. The fourth-order valence-electron chi connectivity index (χ4n) is 1.86. The van der Waals surface area contributed by atoms with Gasteiger partial charge >= 0.3 is 0 Å². The lowest BCUT2D eigenvalue weighted by atomic mass is 10.0. The van der Waals surface area contributed by atoms with Crippen molar-refractivity contribution in [3.05, 3.63) is 46.7 Å². The van der Waals surface area contributed by atoms with E-state index in [-0.39, 0.29) is 11.9 Å². The van der Waals surface area contributed by atoms with Gasteiger partial charge in [-0.25, -0.2) is 4.39 Å². The summed E-state index contributed by atoms with van der Waals surface area (Å²) in [4.78, 5) is 0. The molecule has 1 unspecified atom stereocenters. The lowest BCUT2D eigenvalue weighted by Crippen LogP contribution is -2.21. The smallest absolute Gasteiger partial charge is 0.129 e. The third-order valence-corrected chi connectivity index (χ3v) is 3.18. The Morgan fingerprint density at radius 3 is 2.88 bits per heavy atom. The van der Waals surface area contributed by atoms with Gasteiger partial charge in [0.15, 0.2) is 0 Å². The van der Waals surface area contributed by atoms with E-state index in [2.05, 4.69) is 27.8 Å². The first-order chi connectivity index (χ1) is 8.19. The molecule has 0 aliphatic rings. The zero-order valence-corrected chi connectivity index (χ0v) is 11.8. The molecule has 3 heteroatoms. The summed E-state index contributed by atoms with van der Waals surface area (Å²) in [5, 5.41) is 3.33. The molecular formula is C14H19BrFN. The Morgan fingerprint density at radius 2 is 2.29 bits per heavy atom. The Hall–Kier alpha value is -0.670. The van der Waals surface area contributed by atoms with Crippen LogP contribution in [0.1, 0.15) is 37.8 Å². The van der Waals surface area contributed by atoms with Crippen LogP contribution < -0.4 is 5.32 Å². The molecule has 1 nitrogen and oxygen atoms in total. The van der Waals surface area contributed by atoms with Crippen LogP contribution in [0.3, 0.4) is 0 Å². The van der Waals surface area contributed by atoms with Crippen LogP contribution in [-0.2, 0) is 0 Å². The summed E-state index contributed by atoms with van der Waals surface area (Å²) in [5.41, 5.74) is 0.749. The maximum atomic E-state index is 13.8. The molecule has 0 bridgehead atoms. The molecule has 0 spiro atoms. The Labute approximate surface area is 111 Å². The maximum Gasteiger partial charge on any atom is 0.129 e. The van der Waals surface area contributed by atoms with Gasteiger partial charge in [0.25, 0.3) is 0 Å². The normalized spacial score (nSPS) is 12.4. The molecule has 0 aliphatic heterocycles. The minimum atomic E-state index is -0.149. The van der Waals surface area contributed by atoms with Gasteiger partial charge in [-0.15, -0.1) is 6.58 Å². The van der Waals surface area contributed by atoms with E-state index in [1.165, 1.54) is 6.07 Å². The van der Waals surface area contributed by atoms with Crippen molar-refractivity contribution in [3.8, 4) is 0 Å². The Kier molecular flexibility index (Phi) is 6.45. The standard InChI is InChI=1S/C14H19BrFN/c1-3-5-6-7-14(17-4-2)12-9-8-11(15)10-13(12)16/h3,8-10,14,17H,1,4-7H2,2H3. The van der Waals surface area contributed by atoms with E-state index in [1.54, 1.807) is 0 Å². The molecule has 0 amide bonds. The molecule has 1 aromatic carbocycles. The van der Waals surface area contributed by atoms with Crippen LogP contribution in [0.5, 0.6) is 0 Å². The van der Waals surface area contributed by atoms with Gasteiger partial charge in [0.05, 0.1) is 0 Å². The topological polar surface area (TPSA) is 12.0 Å². The number of benzene rings is 1. The van der Waals surface area contributed by atoms with Crippen LogP contribution in [0.25, 0.3) is 0 Å². The molecule has 94 valence electrons. The number of nitrogens with one attached hydrogen (secondary N) is 1. The monoisotopic (exact) mass is 299 g/mol. The second-order valence-electron chi connectivity index (χ2n) is 4.00. The summed E-state index contributed by atoms with van der Waals surface area (Å²) < 4.78 is 14.6. The highest BCUT2D eigenvalue weighted by Gasteiger charge is 2.14. The van der Waals surface area contributed by atoms with Crippen molar-refractivity contribution in [3.63, 3.8) is 0 Å². The lowest BCUT2D eigenvalue weighted by Gasteiger charge is -2.18. The van der Waals surface area contributed by atoms with Crippen molar-refractivity contribution >= 4 is 15.9 Å². The summed E-state index contributed by atoms with van der Waals surface area (Å²) in [6.07, 6.45) is 4.83. The van der Waals surface area contributed by atoms with E-state index in [9.17, 15) is 4.39 Å². The van der Waals surface area contributed by atoms with Crippen molar-refractivity contribution < 1.29 is 4.39 Å². The van der Waals surface area contributed by atoms with Crippen LogP contribution in [0, 0.1) is 5.82 Å². The van der Waals surface area contributed by atoms with Crippen molar-refractivity contribution in [1.82, 2.24) is 5.32 Å². The number of hydrogen-bond acceptors (Lipinski definition) is 1. The van der Waals surface area contributed by atoms with E-state index in [0.717, 1.165) is 35.8 Å². The maximum absolute atomic E-state index is 13.8. The number of unbranched alkanes of at least 4 members (excludes halogenated alkanes) is 1. The van der Waals surface area contributed by atoms with Gasteiger partial charge in [0.2, 0.25) is 0 Å². The van der Waals surface area contributed by atoms with Crippen LogP contribution in [0.15, 0.2) is 35.3 Å². The minimum Gasteiger partial charge on any atom is -0.310 e. The molecule has 17 heavy (non-hydrogen) atoms. The molecule has 1 atom stereocenters. The van der Waals surface area contributed by atoms with E-state index in [1.807, 2.05) is 25.1 Å². The fourth-order valence-corrected chi connectivity index (χ4v) is 2.20. The summed E-state index contributed by atoms with van der Waals surface area (Å²) in [6, 6.07) is 5.34. The fraction of sp³-hybridized carbons (Fsp3) is 0.429. The van der Waals surface area contributed by atoms with Gasteiger partial charge in [-0.2, -0.15) is 0 Å². The van der Waals surface area contributed by atoms with Gasteiger partial charge in [0.1, 0.15) is 5.82 Å². The van der Waals surface area contributed by atoms with E-state index in [0.29, 0.717) is 0 Å². The number of rotatable bonds is 7. The van der Waals surface area contributed by atoms with Gasteiger partial charge in [-0.3, -0.25) is 0 Å². The highest BCUT2D eigenvalue weighted by molar-refractivity contribution is 9.10. The van der Waals surface area contributed by atoms with E-state index < -0.39 is 0 Å². The van der Waals surface area contributed by atoms with Crippen molar-refractivity contribution in [1.29, 1.82) is 0 Å². The molecule has 1 rings (SSSR count). The third-order valence-electron chi connectivity index (χ3n) is 2.69. The first-order valence-corrected chi connectivity index (χ1v) is 6.77. The average Bonchev–Trinajstić information content (AvgIpc) is 2.28. The second kappa shape index (κ2) is 7.62. The summed E-state index contributed by atoms with van der Waals surface area (Å²) in [6.45, 7) is 6.59. The largest absolute Gasteiger partial charge is 0.310 e. The first kappa shape index (κ1) is 14.4. The van der Waals surface area contributed by atoms with Crippen molar-refractivity contribution in [2.75, 3.05) is 6.54 Å². The van der Waals surface area contributed by atoms with Crippen molar-refractivity contribution in [2.45, 2.75) is 32.2 Å². The molecule has 1 aromatic rings. The molecule has 0 aromatic heterocycles. The molecule has 0 heterocycles. The van der Waals surface area contributed by atoms with E-state index in [4.69, 9.17) is 0 Å². The quantitative estimate of drug-likeness (QED) is 0.573. The summed E-state index contributed by atoms with van der Waals surface area (Å²) in [7, 11) is 0. The van der Waals surface area contributed by atoms with Crippen LogP contribution >= 0.6 is 15.9 Å². The highest BCUT2D eigenvalue weighted by atomic mass is 79.9. The Bertz CT molecular complexity index is 365. The molecular weight excluding hydrogens is 281 g/mol. The molecule has 0 saturated carbocycles. The number of allylic oxidation sites excluding steroid dienone is 1. The minimum absolute atomic E-state index is 0.0908. The van der Waals surface area contributed by atoms with Crippen LogP contribution in [0.4, 0.5) is 4.39 Å². The number of hydrogen-bond donors (Lipinski definition) is 1. The first-order valence-electron chi connectivity index (χ1n) is 5.98. The number of halogens is 2. The highest BCUT2D eigenvalue weighted by Crippen LogP contribution is 2.24.